The number of carbonyl (C=O) groups is 1. The Hall–Kier alpha value is -3.09. The minimum Gasteiger partial charge on any atom is -0.268 e. The molecule has 142 valence electrons. The number of nitrogens with zero attached hydrogens (tertiary/aromatic N) is 4. The second kappa shape index (κ2) is 6.82. The third-order valence-corrected chi connectivity index (χ3v) is 5.90. The van der Waals surface area contributed by atoms with Gasteiger partial charge in [0.1, 0.15) is 11.7 Å². The molecule has 2 aliphatic heterocycles. The summed E-state index contributed by atoms with van der Waals surface area (Å²) in [6, 6.07) is 3.78. The van der Waals surface area contributed by atoms with Gasteiger partial charge in [0.2, 0.25) is 0 Å². The molecule has 1 saturated carbocycles. The number of amides is 1. The maximum absolute atomic E-state index is 13.2. The Balaban J connectivity index is 1.58. The van der Waals surface area contributed by atoms with Gasteiger partial charge in [-0.05, 0) is 25.0 Å². The lowest BCUT2D eigenvalue weighted by Gasteiger charge is -2.20. The molecular formula is C21H22N5O2+. The fourth-order valence-corrected chi connectivity index (χ4v) is 4.40. The summed E-state index contributed by atoms with van der Waals surface area (Å²) in [4.78, 5) is 30.8. The van der Waals surface area contributed by atoms with Gasteiger partial charge in [0.15, 0.2) is 12.3 Å². The maximum atomic E-state index is 13.2. The van der Waals surface area contributed by atoms with Crippen LogP contribution < -0.4 is 16.1 Å². The average Bonchev–Trinajstić information content (AvgIpc) is 3.10. The second-order valence-electron chi connectivity index (χ2n) is 7.62. The van der Waals surface area contributed by atoms with E-state index in [-0.39, 0.29) is 17.5 Å². The largest absolute Gasteiger partial charge is 0.400 e. The molecule has 1 fully saturated rings. The number of H-pyrrole nitrogens is 1. The minimum atomic E-state index is -0.494. The Morgan fingerprint density at radius 2 is 1.93 bits per heavy atom. The monoisotopic (exact) mass is 376 g/mol. The predicted octanol–water partition coefficient (Wildman–Crippen LogP) is 0.821. The number of carbonyl (C=O) groups excluding carboxylic acids is 1. The van der Waals surface area contributed by atoms with Gasteiger partial charge in [-0.15, -0.1) is 0 Å². The first-order valence-electron chi connectivity index (χ1n) is 9.91. The Labute approximate surface area is 161 Å². The van der Waals surface area contributed by atoms with Gasteiger partial charge in [0, 0.05) is 31.2 Å². The number of aromatic amines is 1. The van der Waals surface area contributed by atoms with Crippen molar-refractivity contribution in [1.82, 2.24) is 14.8 Å². The van der Waals surface area contributed by atoms with Crippen molar-refractivity contribution >= 4 is 18.2 Å². The van der Waals surface area contributed by atoms with Gasteiger partial charge in [0.05, 0.1) is 22.5 Å². The predicted molar refractivity (Wildman–Crippen MR) is 104 cm³/mol. The van der Waals surface area contributed by atoms with Gasteiger partial charge in [-0.3, -0.25) is 19.5 Å². The van der Waals surface area contributed by atoms with Crippen molar-refractivity contribution in [1.29, 1.82) is 0 Å². The molecule has 0 aromatic carbocycles. The lowest BCUT2D eigenvalue weighted by Crippen LogP contribution is -2.49. The van der Waals surface area contributed by atoms with E-state index in [0.717, 1.165) is 25.7 Å². The summed E-state index contributed by atoms with van der Waals surface area (Å²) in [5.41, 5.74) is 0.508. The standard InChI is InChI=1S/C21H22N5O2/c27-20-15-13-16-18(9-12-26(21(16)28)19-7-10-22-24-19)23-17(15)8-11-25(20)14-5-3-1-2-4-6-14/h7-15H,1-6H2,(H,22,24)/q+1. The third-order valence-electron chi connectivity index (χ3n) is 5.90. The Morgan fingerprint density at radius 3 is 2.68 bits per heavy atom. The van der Waals surface area contributed by atoms with E-state index in [2.05, 4.69) is 15.2 Å². The van der Waals surface area contributed by atoms with Crippen LogP contribution in [0.4, 0.5) is 0 Å². The fourth-order valence-electron chi connectivity index (χ4n) is 4.40. The fraction of sp³-hybridized carbons (Fsp3) is 0.381. The van der Waals surface area contributed by atoms with Gasteiger partial charge in [-0.1, -0.05) is 12.8 Å². The van der Waals surface area contributed by atoms with Gasteiger partial charge in [-0.25, -0.2) is 4.79 Å². The van der Waals surface area contributed by atoms with Crippen LogP contribution in [0.15, 0.2) is 46.1 Å². The summed E-state index contributed by atoms with van der Waals surface area (Å²) in [5.74, 6) is 0.118. The first kappa shape index (κ1) is 17.0. The number of hydrogen-bond donors (Lipinski definition) is 1. The molecule has 0 radical (unpaired) electrons. The lowest BCUT2D eigenvalue weighted by atomic mass is 9.96. The molecule has 0 bridgehead atoms. The van der Waals surface area contributed by atoms with E-state index in [9.17, 15) is 9.59 Å². The molecule has 4 heterocycles. The molecule has 2 aromatic heterocycles. The summed E-state index contributed by atoms with van der Waals surface area (Å²) in [7, 11) is 0. The van der Waals surface area contributed by atoms with Crippen LogP contribution >= 0.6 is 0 Å². The van der Waals surface area contributed by atoms with Crippen molar-refractivity contribution in [3.05, 3.63) is 57.2 Å². The summed E-state index contributed by atoms with van der Waals surface area (Å²) >= 11 is 0. The zero-order valence-corrected chi connectivity index (χ0v) is 15.5. The van der Waals surface area contributed by atoms with Crippen LogP contribution in [0.1, 0.15) is 38.5 Å². The molecule has 1 aliphatic carbocycles. The summed E-state index contributed by atoms with van der Waals surface area (Å²) in [5, 5.41) is 7.78. The molecule has 28 heavy (non-hydrogen) atoms. The number of nitrogens with one attached hydrogen (secondary N) is 1. The topological polar surface area (TPSA) is 83.1 Å². The number of fused-ring (bicyclic) bond motifs is 2. The molecule has 7 heteroatoms. The van der Waals surface area contributed by atoms with E-state index in [1.165, 1.54) is 17.4 Å². The molecule has 3 aliphatic rings. The number of hydrogen-bond acceptors (Lipinski definition) is 4. The van der Waals surface area contributed by atoms with Crippen molar-refractivity contribution in [3.63, 3.8) is 0 Å². The van der Waals surface area contributed by atoms with Crippen LogP contribution in [-0.2, 0) is 4.79 Å². The average molecular weight is 376 g/mol. The Bertz CT molecular complexity index is 1160. The van der Waals surface area contributed by atoms with Crippen molar-refractivity contribution in [3.8, 4) is 5.82 Å². The molecule has 0 spiro atoms. The normalized spacial score (nSPS) is 22.1. The van der Waals surface area contributed by atoms with Gasteiger partial charge < -0.3 is 0 Å². The summed E-state index contributed by atoms with van der Waals surface area (Å²) in [6.45, 7) is 0. The van der Waals surface area contributed by atoms with Crippen LogP contribution in [-0.4, -0.2) is 37.5 Å². The molecule has 1 unspecified atom stereocenters. The number of rotatable bonds is 2. The Kier molecular flexibility index (Phi) is 4.15. The van der Waals surface area contributed by atoms with Crippen molar-refractivity contribution in [2.45, 2.75) is 44.6 Å². The highest BCUT2D eigenvalue weighted by Crippen LogP contribution is 2.25. The lowest BCUT2D eigenvalue weighted by molar-refractivity contribution is -0.488. The molecule has 2 aromatic rings. The maximum Gasteiger partial charge on any atom is 0.400 e. The zero-order chi connectivity index (χ0) is 19.1. The van der Waals surface area contributed by atoms with Crippen molar-refractivity contribution < 1.29 is 9.37 Å². The smallest absolute Gasteiger partial charge is 0.268 e. The molecule has 7 nitrogen and oxygen atoms in total. The molecule has 0 saturated heterocycles. The highest BCUT2D eigenvalue weighted by Gasteiger charge is 2.39. The summed E-state index contributed by atoms with van der Waals surface area (Å²) < 4.78 is 3.38. The number of aromatic nitrogens is 3. The van der Waals surface area contributed by atoms with Gasteiger partial charge >= 0.3 is 5.91 Å². The van der Waals surface area contributed by atoms with E-state index in [1.807, 2.05) is 16.9 Å². The van der Waals surface area contributed by atoms with E-state index in [0.29, 0.717) is 22.1 Å². The van der Waals surface area contributed by atoms with Crippen LogP contribution in [0.5, 0.6) is 0 Å². The van der Waals surface area contributed by atoms with Crippen LogP contribution in [0, 0.1) is 5.92 Å². The van der Waals surface area contributed by atoms with E-state index < -0.39 is 5.92 Å². The molecule has 1 N–H and O–H groups in total. The second-order valence-corrected chi connectivity index (χ2v) is 7.62. The van der Waals surface area contributed by atoms with Crippen molar-refractivity contribution in [2.75, 3.05) is 0 Å². The SMILES string of the molecule is O=C1C2C=c3c(ccn(-c4ccn[nH]4)c3=O)=NC2=CC=[N+]1C1CCCCCC1. The van der Waals surface area contributed by atoms with E-state index in [4.69, 9.17) is 0 Å². The minimum absolute atomic E-state index is 0.0233. The quantitative estimate of drug-likeness (QED) is 0.622. The highest BCUT2D eigenvalue weighted by molar-refractivity contribution is 5.90. The third kappa shape index (κ3) is 2.78. The van der Waals surface area contributed by atoms with Crippen LogP contribution in [0.2, 0.25) is 0 Å². The van der Waals surface area contributed by atoms with Gasteiger partial charge in [-0.2, -0.15) is 9.67 Å². The molecule has 1 atom stereocenters. The summed E-state index contributed by atoms with van der Waals surface area (Å²) in [6.07, 6.45) is 15.8. The first-order valence-corrected chi connectivity index (χ1v) is 9.91. The van der Waals surface area contributed by atoms with E-state index >= 15 is 0 Å². The molecule has 5 rings (SSSR count). The first-order chi connectivity index (χ1) is 13.7. The van der Waals surface area contributed by atoms with Crippen molar-refractivity contribution in [2.24, 2.45) is 10.9 Å². The molecular weight excluding hydrogens is 354 g/mol. The van der Waals surface area contributed by atoms with Crippen LogP contribution in [0.3, 0.4) is 0 Å². The highest BCUT2D eigenvalue weighted by atomic mass is 16.2. The van der Waals surface area contributed by atoms with Gasteiger partial charge in [0.25, 0.3) is 5.56 Å². The van der Waals surface area contributed by atoms with Crippen LogP contribution in [0.25, 0.3) is 11.9 Å². The number of allylic oxidation sites excluding steroid dienone is 1. The number of pyridine rings is 1. The Morgan fingerprint density at radius 1 is 1.11 bits per heavy atom. The van der Waals surface area contributed by atoms with E-state index in [1.54, 1.807) is 30.6 Å². The molecule has 1 amide bonds. The zero-order valence-electron chi connectivity index (χ0n) is 15.5.